The maximum Gasteiger partial charge on any atom is 0.416 e. The molecule has 3 rings (SSSR count). The van der Waals surface area contributed by atoms with E-state index in [0.717, 1.165) is 12.1 Å². The van der Waals surface area contributed by atoms with E-state index in [1.807, 2.05) is 0 Å². The third-order valence-corrected chi connectivity index (χ3v) is 5.12. The Kier molecular flexibility index (Phi) is 5.18. The molecule has 0 bridgehead atoms. The summed E-state index contributed by atoms with van der Waals surface area (Å²) in [6, 6.07) is 5.64. The normalized spacial score (nSPS) is 17.2. The number of nitrogens with zero attached hydrogens (tertiary/aromatic N) is 3. The molecule has 1 aliphatic rings. The number of anilines is 1. The lowest BCUT2D eigenvalue weighted by atomic mass is 9.72. The Morgan fingerprint density at radius 1 is 0.931 bits per heavy atom. The quantitative estimate of drug-likeness (QED) is 0.752. The average molecular weight is 419 g/mol. The molecule has 2 heterocycles. The Hall–Kier alpha value is -2.85. The third kappa shape index (κ3) is 3.99. The minimum absolute atomic E-state index is 0.0678. The van der Waals surface area contributed by atoms with Crippen LogP contribution in [0.25, 0.3) is 0 Å². The van der Waals surface area contributed by atoms with Crippen molar-refractivity contribution >= 4 is 11.8 Å². The number of rotatable bonds is 3. The molecule has 0 aliphatic carbocycles. The maximum absolute atomic E-state index is 14.0. The zero-order chi connectivity index (χ0) is 21.4. The van der Waals surface area contributed by atoms with E-state index in [0.29, 0.717) is 12.1 Å². The molecule has 0 radical (unpaired) electrons. The van der Waals surface area contributed by atoms with Gasteiger partial charge in [-0.3, -0.25) is 0 Å². The Balaban J connectivity index is 1.84. The van der Waals surface area contributed by atoms with Gasteiger partial charge in [0.1, 0.15) is 0 Å². The molecule has 0 spiro atoms. The molecule has 1 saturated heterocycles. The number of halogens is 6. The summed E-state index contributed by atoms with van der Waals surface area (Å²) in [5.74, 6) is -1.04. The predicted molar refractivity (Wildman–Crippen MR) is 89.6 cm³/mol. The second-order valence-corrected chi connectivity index (χ2v) is 6.72. The van der Waals surface area contributed by atoms with Crippen LogP contribution in [0.5, 0.6) is 0 Å². The van der Waals surface area contributed by atoms with Gasteiger partial charge in [0, 0.05) is 13.1 Å². The summed E-state index contributed by atoms with van der Waals surface area (Å²) >= 11 is 0. The highest BCUT2D eigenvalue weighted by molar-refractivity contribution is 5.85. The molecule has 29 heavy (non-hydrogen) atoms. The molecule has 1 aromatic heterocycles. The summed E-state index contributed by atoms with van der Waals surface area (Å²) in [4.78, 5) is 12.3. The number of aromatic carboxylic acids is 1. The number of piperidine rings is 1. The van der Waals surface area contributed by atoms with Crippen LogP contribution in [0, 0.1) is 0 Å². The molecule has 156 valence electrons. The molecule has 0 atom stereocenters. The largest absolute Gasteiger partial charge is 0.476 e. The van der Waals surface area contributed by atoms with Crippen molar-refractivity contribution in [1.82, 2.24) is 10.2 Å². The van der Waals surface area contributed by atoms with Crippen molar-refractivity contribution in [3.63, 3.8) is 0 Å². The average Bonchev–Trinajstić information content (AvgIpc) is 2.67. The Bertz CT molecular complexity index is 870. The topological polar surface area (TPSA) is 66.3 Å². The van der Waals surface area contributed by atoms with Gasteiger partial charge in [0.2, 0.25) is 0 Å². The predicted octanol–water partition coefficient (Wildman–Crippen LogP) is 4.29. The van der Waals surface area contributed by atoms with Crippen molar-refractivity contribution in [3.05, 3.63) is 53.2 Å². The van der Waals surface area contributed by atoms with Crippen molar-refractivity contribution < 1.29 is 36.2 Å². The molecule has 11 heteroatoms. The van der Waals surface area contributed by atoms with Gasteiger partial charge in [0.25, 0.3) is 0 Å². The van der Waals surface area contributed by atoms with Crippen LogP contribution < -0.4 is 4.90 Å². The fourth-order valence-electron chi connectivity index (χ4n) is 3.44. The highest BCUT2D eigenvalue weighted by Gasteiger charge is 2.56. The van der Waals surface area contributed by atoms with Crippen molar-refractivity contribution in [2.75, 3.05) is 18.0 Å². The molecule has 0 saturated carbocycles. The van der Waals surface area contributed by atoms with E-state index in [1.54, 1.807) is 0 Å². The molecule has 0 unspecified atom stereocenters. The lowest BCUT2D eigenvalue weighted by molar-refractivity contribution is -0.196. The molecule has 1 aromatic carbocycles. The first-order valence-corrected chi connectivity index (χ1v) is 8.50. The van der Waals surface area contributed by atoms with Gasteiger partial charge < -0.3 is 10.0 Å². The van der Waals surface area contributed by atoms with E-state index in [4.69, 9.17) is 5.11 Å². The molecule has 2 aromatic rings. The van der Waals surface area contributed by atoms with E-state index in [9.17, 15) is 31.1 Å². The minimum atomic E-state index is -4.66. The molecular formula is C18H15F6N3O2. The van der Waals surface area contributed by atoms with Crippen LogP contribution in [0.2, 0.25) is 0 Å². The lowest BCUT2D eigenvalue weighted by Crippen LogP contribution is -2.51. The summed E-state index contributed by atoms with van der Waals surface area (Å²) in [5, 5.41) is 16.1. The van der Waals surface area contributed by atoms with Crippen LogP contribution in [0.4, 0.5) is 32.2 Å². The second-order valence-electron chi connectivity index (χ2n) is 6.72. The molecule has 5 nitrogen and oxygen atoms in total. The highest BCUT2D eigenvalue weighted by atomic mass is 19.4. The van der Waals surface area contributed by atoms with Gasteiger partial charge in [-0.25, -0.2) is 4.79 Å². The number of benzene rings is 1. The smallest absolute Gasteiger partial charge is 0.416 e. The SMILES string of the molecule is O=C(O)c1ccc(N2CCC(c3ccc(C(F)(F)F)cc3)(C(F)(F)F)CC2)nn1. The number of alkyl halides is 6. The minimum Gasteiger partial charge on any atom is -0.476 e. The molecular weight excluding hydrogens is 404 g/mol. The number of aromatic nitrogens is 2. The van der Waals surface area contributed by atoms with Crippen molar-refractivity contribution in [2.24, 2.45) is 0 Å². The summed E-state index contributed by atoms with van der Waals surface area (Å²) < 4.78 is 80.1. The van der Waals surface area contributed by atoms with Crippen LogP contribution in [0.1, 0.15) is 34.5 Å². The molecule has 1 fully saturated rings. The zero-order valence-corrected chi connectivity index (χ0v) is 14.8. The van der Waals surface area contributed by atoms with Gasteiger partial charge in [0.15, 0.2) is 11.5 Å². The number of carbonyl (C=O) groups is 1. The van der Waals surface area contributed by atoms with Gasteiger partial charge in [-0.15, -0.1) is 10.2 Å². The van der Waals surface area contributed by atoms with Gasteiger partial charge in [0.05, 0.1) is 11.0 Å². The standard InChI is InChI=1S/C18H15F6N3O2/c19-17(20,21)12-3-1-11(2-4-12)16(18(22,23)24)7-9-27(10-8-16)14-6-5-13(15(28)29)25-26-14/h1-6H,7-10H2,(H,28,29). The first kappa shape index (κ1) is 20.9. The third-order valence-electron chi connectivity index (χ3n) is 5.12. The zero-order valence-electron chi connectivity index (χ0n) is 14.8. The molecule has 1 N–H and O–H groups in total. The van der Waals surface area contributed by atoms with Gasteiger partial charge in [-0.2, -0.15) is 26.3 Å². The van der Waals surface area contributed by atoms with Crippen molar-refractivity contribution in [3.8, 4) is 0 Å². The summed E-state index contributed by atoms with van der Waals surface area (Å²) in [6.07, 6.45) is -10.1. The van der Waals surface area contributed by atoms with Crippen molar-refractivity contribution in [1.29, 1.82) is 0 Å². The summed E-state index contributed by atoms with van der Waals surface area (Å²) in [5.41, 5.74) is -3.79. The fraction of sp³-hybridized carbons (Fsp3) is 0.389. The van der Waals surface area contributed by atoms with Crippen LogP contribution in [-0.2, 0) is 11.6 Å². The van der Waals surface area contributed by atoms with Crippen LogP contribution in [-0.4, -0.2) is 40.5 Å². The number of carboxylic acids is 1. The molecule has 1 aliphatic heterocycles. The van der Waals surface area contributed by atoms with E-state index < -0.39 is 29.3 Å². The van der Waals surface area contributed by atoms with Gasteiger partial charge in [-0.05, 0) is 42.7 Å². The van der Waals surface area contributed by atoms with Crippen molar-refractivity contribution in [2.45, 2.75) is 30.6 Å². The van der Waals surface area contributed by atoms with E-state index >= 15 is 0 Å². The lowest BCUT2D eigenvalue weighted by Gasteiger charge is -2.43. The number of hydrogen-bond donors (Lipinski definition) is 1. The van der Waals surface area contributed by atoms with Crippen LogP contribution >= 0.6 is 0 Å². The number of hydrogen-bond acceptors (Lipinski definition) is 4. The van der Waals surface area contributed by atoms with Gasteiger partial charge in [-0.1, -0.05) is 12.1 Å². The number of carboxylic acid groups (broad SMARTS) is 1. The van der Waals surface area contributed by atoms with Gasteiger partial charge >= 0.3 is 18.3 Å². The maximum atomic E-state index is 14.0. The van der Waals surface area contributed by atoms with E-state index in [1.165, 1.54) is 17.0 Å². The molecule has 0 amide bonds. The first-order chi connectivity index (χ1) is 13.4. The highest BCUT2D eigenvalue weighted by Crippen LogP contribution is 2.49. The van der Waals surface area contributed by atoms with E-state index in [2.05, 4.69) is 10.2 Å². The Morgan fingerprint density at radius 2 is 1.52 bits per heavy atom. The Morgan fingerprint density at radius 3 is 1.93 bits per heavy atom. The Labute approximate surface area is 161 Å². The summed E-state index contributed by atoms with van der Waals surface area (Å²) in [6.45, 7) is -0.136. The van der Waals surface area contributed by atoms with Crippen LogP contribution in [0.3, 0.4) is 0 Å². The first-order valence-electron chi connectivity index (χ1n) is 8.50. The van der Waals surface area contributed by atoms with Crippen LogP contribution in [0.15, 0.2) is 36.4 Å². The second kappa shape index (κ2) is 7.20. The summed E-state index contributed by atoms with van der Waals surface area (Å²) in [7, 11) is 0. The monoisotopic (exact) mass is 419 g/mol. The fourth-order valence-corrected chi connectivity index (χ4v) is 3.44. The van der Waals surface area contributed by atoms with E-state index in [-0.39, 0.29) is 43.0 Å².